The monoisotopic (exact) mass is 446 g/mol. The second-order valence-electron chi connectivity index (χ2n) is 6.79. The van der Waals surface area contributed by atoms with Crippen LogP contribution in [-0.4, -0.2) is 18.4 Å². The van der Waals surface area contributed by atoms with Crippen molar-refractivity contribution < 1.29 is 9.59 Å². The lowest BCUT2D eigenvalue weighted by atomic mass is 10.0. The van der Waals surface area contributed by atoms with Crippen molar-refractivity contribution in [3.63, 3.8) is 0 Å². The van der Waals surface area contributed by atoms with Gasteiger partial charge in [-0.3, -0.25) is 9.59 Å². The van der Waals surface area contributed by atoms with Gasteiger partial charge in [0.1, 0.15) is 0 Å². The lowest BCUT2D eigenvalue weighted by molar-refractivity contribution is -0.115. The Morgan fingerprint density at radius 2 is 1.52 bits per heavy atom. The van der Waals surface area contributed by atoms with Gasteiger partial charge in [0, 0.05) is 15.4 Å². The van der Waals surface area contributed by atoms with Crippen molar-refractivity contribution >= 4 is 51.6 Å². The van der Waals surface area contributed by atoms with Crippen LogP contribution in [0.4, 0.5) is 5.69 Å². The molecule has 0 radical (unpaired) electrons. The van der Waals surface area contributed by atoms with Gasteiger partial charge in [0.2, 0.25) is 5.91 Å². The van der Waals surface area contributed by atoms with Gasteiger partial charge >= 0.3 is 0 Å². The molecule has 0 bridgehead atoms. The van der Waals surface area contributed by atoms with E-state index in [9.17, 15) is 9.59 Å². The average molecular weight is 447 g/mol. The maximum atomic E-state index is 12.7. The first kappa shape index (κ1) is 21.0. The number of hydrogen-bond donors (Lipinski definition) is 2. The highest BCUT2D eigenvalue weighted by molar-refractivity contribution is 7.99. The van der Waals surface area contributed by atoms with Crippen LogP contribution < -0.4 is 10.6 Å². The number of rotatable bonds is 6. The van der Waals surface area contributed by atoms with Gasteiger partial charge in [-0.15, -0.1) is 0 Å². The molecule has 0 unspecified atom stereocenters. The molecule has 31 heavy (non-hydrogen) atoms. The summed E-state index contributed by atoms with van der Waals surface area (Å²) in [6.07, 6.45) is 0. The Labute approximate surface area is 189 Å². The fourth-order valence-corrected chi connectivity index (χ4v) is 4.42. The summed E-state index contributed by atoms with van der Waals surface area (Å²) in [7, 11) is 0. The molecule has 2 amide bonds. The molecule has 0 aliphatic heterocycles. The Balaban J connectivity index is 1.45. The molecular formula is C25H19ClN2O2S. The van der Waals surface area contributed by atoms with Crippen LogP contribution in [0.25, 0.3) is 10.8 Å². The minimum absolute atomic E-state index is 0.164. The number of carbonyl (C=O) groups is 2. The Bertz CT molecular complexity index is 1240. The molecule has 0 aromatic heterocycles. The van der Waals surface area contributed by atoms with Crippen LogP contribution in [0.2, 0.25) is 5.02 Å². The molecule has 0 spiro atoms. The number of anilines is 1. The van der Waals surface area contributed by atoms with Gasteiger partial charge in [0.05, 0.1) is 17.3 Å². The third kappa shape index (κ3) is 5.08. The first-order valence-electron chi connectivity index (χ1n) is 9.69. The van der Waals surface area contributed by atoms with E-state index in [0.29, 0.717) is 16.3 Å². The summed E-state index contributed by atoms with van der Waals surface area (Å²) in [5, 5.41) is 7.79. The second kappa shape index (κ2) is 9.69. The fourth-order valence-electron chi connectivity index (χ4n) is 3.19. The highest BCUT2D eigenvalue weighted by Gasteiger charge is 2.14. The topological polar surface area (TPSA) is 58.2 Å². The van der Waals surface area contributed by atoms with Crippen LogP contribution in [-0.2, 0) is 4.79 Å². The van der Waals surface area contributed by atoms with Crippen molar-refractivity contribution in [3.8, 4) is 0 Å². The minimum atomic E-state index is -0.350. The van der Waals surface area contributed by atoms with Crippen LogP contribution in [0.5, 0.6) is 0 Å². The lowest BCUT2D eigenvalue weighted by Gasteiger charge is -2.13. The molecule has 4 nitrogen and oxygen atoms in total. The summed E-state index contributed by atoms with van der Waals surface area (Å²) < 4.78 is 0. The SMILES string of the molecule is O=C(CNC(=O)c1cccc2ccccc12)Nc1c(Cl)cccc1Sc1ccccc1. The normalized spacial score (nSPS) is 10.6. The smallest absolute Gasteiger partial charge is 0.252 e. The van der Waals surface area contributed by atoms with Gasteiger partial charge in [-0.25, -0.2) is 0 Å². The van der Waals surface area contributed by atoms with E-state index in [2.05, 4.69) is 10.6 Å². The Hall–Kier alpha value is -3.28. The van der Waals surface area contributed by atoms with Crippen molar-refractivity contribution in [1.82, 2.24) is 5.32 Å². The molecular weight excluding hydrogens is 428 g/mol. The molecule has 0 aliphatic rings. The molecule has 0 saturated carbocycles. The van der Waals surface area contributed by atoms with E-state index in [4.69, 9.17) is 11.6 Å². The van der Waals surface area contributed by atoms with E-state index in [-0.39, 0.29) is 18.4 Å². The summed E-state index contributed by atoms with van der Waals surface area (Å²) in [6.45, 7) is -0.164. The van der Waals surface area contributed by atoms with Crippen molar-refractivity contribution in [2.24, 2.45) is 0 Å². The highest BCUT2D eigenvalue weighted by atomic mass is 35.5. The Kier molecular flexibility index (Phi) is 6.55. The molecule has 0 aliphatic carbocycles. The fraction of sp³-hybridized carbons (Fsp3) is 0.0400. The zero-order chi connectivity index (χ0) is 21.6. The number of carbonyl (C=O) groups excluding carboxylic acids is 2. The lowest BCUT2D eigenvalue weighted by Crippen LogP contribution is -2.33. The van der Waals surface area contributed by atoms with Crippen LogP contribution in [0, 0.1) is 0 Å². The predicted octanol–water partition coefficient (Wildman–Crippen LogP) is 6.01. The summed E-state index contributed by atoms with van der Waals surface area (Å²) in [5.41, 5.74) is 1.06. The molecule has 0 fully saturated rings. The van der Waals surface area contributed by atoms with Gasteiger partial charge in [-0.05, 0) is 41.1 Å². The average Bonchev–Trinajstić information content (AvgIpc) is 2.80. The summed E-state index contributed by atoms with van der Waals surface area (Å²) >= 11 is 7.85. The summed E-state index contributed by atoms with van der Waals surface area (Å²) in [6, 6.07) is 28.5. The van der Waals surface area contributed by atoms with Crippen molar-refractivity contribution in [3.05, 3.63) is 102 Å². The highest BCUT2D eigenvalue weighted by Crippen LogP contribution is 2.37. The maximum absolute atomic E-state index is 12.7. The van der Waals surface area contributed by atoms with Crippen LogP contribution in [0.1, 0.15) is 10.4 Å². The Morgan fingerprint density at radius 3 is 2.35 bits per heavy atom. The summed E-state index contributed by atoms with van der Waals surface area (Å²) in [4.78, 5) is 27.1. The standard InChI is InChI=1S/C25H19ClN2O2S/c26-21-14-7-15-22(31-18-10-2-1-3-11-18)24(21)28-23(29)16-27-25(30)20-13-6-9-17-8-4-5-12-19(17)20/h1-15H,16H2,(H,27,30)(H,28,29). The molecule has 0 saturated heterocycles. The molecule has 4 rings (SSSR count). The molecule has 0 atom stereocenters. The Morgan fingerprint density at radius 1 is 0.806 bits per heavy atom. The first-order valence-corrected chi connectivity index (χ1v) is 10.9. The van der Waals surface area contributed by atoms with Gasteiger partial charge in [0.25, 0.3) is 5.91 Å². The van der Waals surface area contributed by atoms with Crippen LogP contribution in [0.3, 0.4) is 0 Å². The summed E-state index contributed by atoms with van der Waals surface area (Å²) in [5.74, 6) is -0.651. The van der Waals surface area contributed by atoms with Gasteiger partial charge in [0.15, 0.2) is 0 Å². The second-order valence-corrected chi connectivity index (χ2v) is 8.31. The predicted molar refractivity (Wildman–Crippen MR) is 127 cm³/mol. The van der Waals surface area contributed by atoms with E-state index in [1.54, 1.807) is 12.1 Å². The zero-order valence-corrected chi connectivity index (χ0v) is 18.0. The van der Waals surface area contributed by atoms with E-state index in [1.807, 2.05) is 78.9 Å². The molecule has 154 valence electrons. The van der Waals surface area contributed by atoms with E-state index < -0.39 is 0 Å². The van der Waals surface area contributed by atoms with Gasteiger partial charge in [-0.2, -0.15) is 0 Å². The zero-order valence-electron chi connectivity index (χ0n) is 16.5. The van der Waals surface area contributed by atoms with Crippen molar-refractivity contribution in [1.29, 1.82) is 0 Å². The van der Waals surface area contributed by atoms with Crippen molar-refractivity contribution in [2.45, 2.75) is 9.79 Å². The van der Waals surface area contributed by atoms with Crippen LogP contribution >= 0.6 is 23.4 Å². The largest absolute Gasteiger partial charge is 0.343 e. The van der Waals surface area contributed by atoms with Gasteiger partial charge in [-0.1, -0.05) is 84.0 Å². The molecule has 4 aromatic carbocycles. The van der Waals surface area contributed by atoms with Crippen molar-refractivity contribution in [2.75, 3.05) is 11.9 Å². The molecule has 6 heteroatoms. The van der Waals surface area contributed by atoms with E-state index in [0.717, 1.165) is 20.6 Å². The number of fused-ring (bicyclic) bond motifs is 1. The van der Waals surface area contributed by atoms with E-state index in [1.165, 1.54) is 11.8 Å². The quantitative estimate of drug-likeness (QED) is 0.381. The molecule has 0 heterocycles. The number of amides is 2. The molecule has 4 aromatic rings. The number of para-hydroxylation sites is 1. The first-order chi connectivity index (χ1) is 15.1. The third-order valence-corrected chi connectivity index (χ3v) is 6.04. The van der Waals surface area contributed by atoms with Crippen LogP contribution in [0.15, 0.2) is 101 Å². The number of hydrogen-bond acceptors (Lipinski definition) is 3. The van der Waals surface area contributed by atoms with E-state index >= 15 is 0 Å². The minimum Gasteiger partial charge on any atom is -0.343 e. The third-order valence-electron chi connectivity index (χ3n) is 4.65. The number of nitrogens with one attached hydrogen (secondary N) is 2. The molecule has 2 N–H and O–H groups in total. The maximum Gasteiger partial charge on any atom is 0.252 e. The number of benzene rings is 4. The number of halogens is 1. The van der Waals surface area contributed by atoms with Gasteiger partial charge < -0.3 is 10.6 Å².